The van der Waals surface area contributed by atoms with Crippen LogP contribution in [-0.4, -0.2) is 24.1 Å². The minimum absolute atomic E-state index is 0.515. The van der Waals surface area contributed by atoms with Crippen LogP contribution in [0.1, 0.15) is 0 Å². The van der Waals surface area contributed by atoms with Crippen LogP contribution in [-0.2, 0) is 0 Å². The molecule has 0 bridgehead atoms. The van der Waals surface area contributed by atoms with E-state index in [0.29, 0.717) is 17.6 Å². The third-order valence-corrected chi connectivity index (χ3v) is 12.4. The van der Waals surface area contributed by atoms with Gasteiger partial charge in [0.1, 0.15) is 5.52 Å². The Balaban J connectivity index is 1.10. The zero-order valence-electron chi connectivity index (χ0n) is 33.9. The predicted octanol–water partition coefficient (Wildman–Crippen LogP) is 14.6. The van der Waals surface area contributed by atoms with Crippen molar-refractivity contribution in [1.82, 2.24) is 24.1 Å². The van der Waals surface area contributed by atoms with E-state index in [1.807, 2.05) is 36.4 Å². The summed E-state index contributed by atoms with van der Waals surface area (Å²) in [6.07, 6.45) is 0. The predicted molar refractivity (Wildman–Crippen MR) is 258 cm³/mol. The second-order valence-electron chi connectivity index (χ2n) is 16.0. The van der Waals surface area contributed by atoms with Crippen molar-refractivity contribution in [2.75, 3.05) is 0 Å². The molecule has 0 fully saturated rings. The molecule has 0 amide bonds. The van der Waals surface area contributed by atoms with Crippen molar-refractivity contribution >= 4 is 65.6 Å². The molecule has 4 heterocycles. The minimum Gasteiger partial charge on any atom is -0.452 e. The number of furan rings is 1. The lowest BCUT2D eigenvalue weighted by Crippen LogP contribution is -2.06. The molecule has 6 heteroatoms. The smallest absolute Gasteiger partial charge is 0.238 e. The molecule has 0 saturated carbocycles. The fourth-order valence-corrected chi connectivity index (χ4v) is 9.53. The molecule has 0 aliphatic rings. The molecular formula is C57H35N5O. The second kappa shape index (κ2) is 14.0. The van der Waals surface area contributed by atoms with Crippen LogP contribution < -0.4 is 0 Å². The highest BCUT2D eigenvalue weighted by molar-refractivity contribution is 6.26. The van der Waals surface area contributed by atoms with Crippen LogP contribution in [0.25, 0.3) is 122 Å². The number of hydrogen-bond acceptors (Lipinski definition) is 4. The first kappa shape index (κ1) is 35.2. The van der Waals surface area contributed by atoms with Gasteiger partial charge >= 0.3 is 0 Å². The third kappa shape index (κ3) is 5.48. The van der Waals surface area contributed by atoms with Gasteiger partial charge in [-0.25, -0.2) is 4.98 Å². The topological polar surface area (TPSA) is 61.7 Å². The zero-order chi connectivity index (χ0) is 41.4. The molecule has 9 aromatic carbocycles. The molecule has 0 aliphatic heterocycles. The highest BCUT2D eigenvalue weighted by Crippen LogP contribution is 2.45. The summed E-state index contributed by atoms with van der Waals surface area (Å²) < 4.78 is 11.9. The Morgan fingerprint density at radius 1 is 0.302 bits per heavy atom. The third-order valence-electron chi connectivity index (χ3n) is 12.4. The van der Waals surface area contributed by atoms with Crippen LogP contribution in [0.5, 0.6) is 0 Å². The van der Waals surface area contributed by atoms with E-state index in [1.165, 1.54) is 5.39 Å². The average Bonchev–Trinajstić information content (AvgIpc) is 4.03. The van der Waals surface area contributed by atoms with Gasteiger partial charge in [-0.1, -0.05) is 182 Å². The molecule has 0 radical (unpaired) electrons. The van der Waals surface area contributed by atoms with Crippen LogP contribution in [0.2, 0.25) is 0 Å². The average molecular weight is 806 g/mol. The number of hydrogen-bond donors (Lipinski definition) is 0. The number of benzene rings is 9. The zero-order valence-corrected chi connectivity index (χ0v) is 33.9. The van der Waals surface area contributed by atoms with Gasteiger partial charge in [-0.2, -0.15) is 9.97 Å². The van der Waals surface area contributed by atoms with Gasteiger partial charge in [0.05, 0.1) is 22.2 Å². The Morgan fingerprint density at radius 2 is 0.730 bits per heavy atom. The van der Waals surface area contributed by atoms with E-state index in [4.69, 9.17) is 19.4 Å². The molecule has 13 aromatic rings. The Labute approximate surface area is 361 Å². The highest BCUT2D eigenvalue weighted by Gasteiger charge is 2.25. The number of rotatable bonds is 6. The summed E-state index contributed by atoms with van der Waals surface area (Å²) in [4.78, 5) is 15.7. The molecule has 0 atom stereocenters. The first-order chi connectivity index (χ1) is 31.3. The highest BCUT2D eigenvalue weighted by atomic mass is 16.3. The maximum Gasteiger partial charge on any atom is 0.238 e. The van der Waals surface area contributed by atoms with Crippen LogP contribution in [0.4, 0.5) is 0 Å². The molecule has 6 nitrogen and oxygen atoms in total. The SMILES string of the molecule is c1ccc(-c2ccc(-c3nc(-c4ccccc4)nc(-n4c5ccccc5c5ccc6c7ccc8c9ccccc9n(-c9ccccc9-c9ccccc9)c8c7oc6c54)n3)cc2)cc1. The standard InChI is InChI=1S/C57H35N5O/c1-4-16-36(17-5-1)37-28-30-40(31-29-37)56-58-55(39-20-8-3-9-21-39)59-57(60-56)62-50-27-15-12-24-43(50)45-33-35-47-46-34-32-44-42-23-11-14-26-49(42)61(51(44)53(46)63-54(47)52(45)62)48-25-13-10-22-41(48)38-18-6-2-7-19-38/h1-35H. The van der Waals surface area contributed by atoms with E-state index < -0.39 is 0 Å². The summed E-state index contributed by atoms with van der Waals surface area (Å²) in [7, 11) is 0. The quantitative estimate of drug-likeness (QED) is 0.168. The van der Waals surface area contributed by atoms with Gasteiger partial charge in [0.2, 0.25) is 5.95 Å². The maximum atomic E-state index is 7.38. The summed E-state index contributed by atoms with van der Waals surface area (Å²) in [6.45, 7) is 0. The lowest BCUT2D eigenvalue weighted by molar-refractivity contribution is 0.673. The van der Waals surface area contributed by atoms with E-state index in [2.05, 4.69) is 185 Å². The molecule has 0 aliphatic carbocycles. The van der Waals surface area contributed by atoms with Gasteiger partial charge in [0.15, 0.2) is 22.8 Å². The minimum atomic E-state index is 0.515. The normalized spacial score (nSPS) is 11.8. The first-order valence-corrected chi connectivity index (χ1v) is 21.2. The Kier molecular flexibility index (Phi) is 7.80. The molecule has 0 unspecified atom stereocenters. The number of para-hydroxylation sites is 3. The lowest BCUT2D eigenvalue weighted by atomic mass is 10.0. The van der Waals surface area contributed by atoms with Gasteiger partial charge in [0, 0.05) is 49.0 Å². The van der Waals surface area contributed by atoms with Crippen molar-refractivity contribution in [3.63, 3.8) is 0 Å². The van der Waals surface area contributed by atoms with E-state index in [-0.39, 0.29) is 0 Å². The van der Waals surface area contributed by atoms with Crippen molar-refractivity contribution < 1.29 is 4.42 Å². The largest absolute Gasteiger partial charge is 0.452 e. The van der Waals surface area contributed by atoms with Crippen molar-refractivity contribution in [3.8, 4) is 56.7 Å². The molecule has 13 rings (SSSR count). The molecule has 63 heavy (non-hydrogen) atoms. The molecular weight excluding hydrogens is 771 g/mol. The Hall–Kier alpha value is -8.61. The van der Waals surface area contributed by atoms with E-state index in [1.54, 1.807) is 0 Å². The molecule has 4 aromatic heterocycles. The number of nitrogens with zero attached hydrogens (tertiary/aromatic N) is 5. The molecule has 0 spiro atoms. The van der Waals surface area contributed by atoms with Crippen LogP contribution in [0.3, 0.4) is 0 Å². The van der Waals surface area contributed by atoms with Gasteiger partial charge in [0.25, 0.3) is 0 Å². The summed E-state index contributed by atoms with van der Waals surface area (Å²) in [5.41, 5.74) is 13.1. The van der Waals surface area contributed by atoms with Crippen molar-refractivity contribution in [2.24, 2.45) is 0 Å². The number of fused-ring (bicyclic) bond motifs is 11. The van der Waals surface area contributed by atoms with Crippen LogP contribution in [0, 0.1) is 0 Å². The number of aromatic nitrogens is 5. The first-order valence-electron chi connectivity index (χ1n) is 21.2. The van der Waals surface area contributed by atoms with Gasteiger partial charge in [-0.15, -0.1) is 0 Å². The molecule has 294 valence electrons. The van der Waals surface area contributed by atoms with Crippen molar-refractivity contribution in [3.05, 3.63) is 212 Å². The fourth-order valence-electron chi connectivity index (χ4n) is 9.53. The van der Waals surface area contributed by atoms with Gasteiger partial charge in [-0.05, 0) is 47.0 Å². The Morgan fingerprint density at radius 3 is 1.35 bits per heavy atom. The maximum absolute atomic E-state index is 7.38. The monoisotopic (exact) mass is 805 g/mol. The Bertz CT molecular complexity index is 3890. The van der Waals surface area contributed by atoms with E-state index in [0.717, 1.165) is 99.2 Å². The summed E-state index contributed by atoms with van der Waals surface area (Å²) in [6, 6.07) is 74.3. The van der Waals surface area contributed by atoms with Crippen molar-refractivity contribution in [2.45, 2.75) is 0 Å². The van der Waals surface area contributed by atoms with Gasteiger partial charge < -0.3 is 8.98 Å². The molecule has 0 saturated heterocycles. The lowest BCUT2D eigenvalue weighted by Gasteiger charge is -2.14. The fraction of sp³-hybridized carbons (Fsp3) is 0. The van der Waals surface area contributed by atoms with Crippen molar-refractivity contribution in [1.29, 1.82) is 0 Å². The summed E-state index contributed by atoms with van der Waals surface area (Å²) >= 11 is 0. The van der Waals surface area contributed by atoms with Gasteiger partial charge in [-0.3, -0.25) is 4.57 Å². The summed E-state index contributed by atoms with van der Waals surface area (Å²) in [5.74, 6) is 1.69. The van der Waals surface area contributed by atoms with Crippen LogP contribution in [0.15, 0.2) is 217 Å². The molecule has 0 N–H and O–H groups in total. The van der Waals surface area contributed by atoms with Crippen LogP contribution >= 0.6 is 0 Å². The van der Waals surface area contributed by atoms with E-state index in [9.17, 15) is 0 Å². The second-order valence-corrected chi connectivity index (χ2v) is 16.0. The van der Waals surface area contributed by atoms with E-state index >= 15 is 0 Å². The summed E-state index contributed by atoms with van der Waals surface area (Å²) in [5, 5.41) is 6.49.